The zero-order valence-corrected chi connectivity index (χ0v) is 6.33. The minimum absolute atomic E-state index is 0.789. The van der Waals surface area contributed by atoms with Gasteiger partial charge >= 0.3 is 0 Å². The number of rotatable bonds is 2. The summed E-state index contributed by atoms with van der Waals surface area (Å²) in [6, 6.07) is 0. The van der Waals surface area contributed by atoms with Gasteiger partial charge in [0.1, 0.15) is 0 Å². The fourth-order valence-electron chi connectivity index (χ4n) is 0.823. The smallest absolute Gasteiger partial charge is 0.237 e. The van der Waals surface area contributed by atoms with Gasteiger partial charge in [0.15, 0.2) is 23.3 Å². The molecule has 0 saturated heterocycles. The second-order valence-corrected chi connectivity index (χ2v) is 2.21. The minimum atomic E-state index is -2.17. The van der Waals surface area contributed by atoms with Crippen LogP contribution in [0.25, 0.3) is 0 Å². The van der Waals surface area contributed by atoms with Gasteiger partial charge in [-0.2, -0.15) is 0 Å². The number of carbonyl (C=O) groups excluding carboxylic acids is 2. The van der Waals surface area contributed by atoms with Crippen molar-refractivity contribution < 1.29 is 27.2 Å². The largest absolute Gasteiger partial charge is 0.285 e. The molecule has 0 aliphatic rings. The molecule has 0 aliphatic carbocycles. The molecular weight excluding hydrogens is 204 g/mol. The highest BCUT2D eigenvalue weighted by Gasteiger charge is 2.25. The Hall–Kier alpha value is -1.72. The average molecular weight is 204 g/mol. The van der Waals surface area contributed by atoms with Gasteiger partial charge in [-0.25, -0.2) is 17.6 Å². The zero-order chi connectivity index (χ0) is 10.9. The highest BCUT2D eigenvalue weighted by Crippen LogP contribution is 2.21. The van der Waals surface area contributed by atoms with E-state index in [0.717, 1.165) is 12.6 Å². The molecule has 1 aromatic carbocycles. The van der Waals surface area contributed by atoms with Crippen LogP contribution in [0.2, 0.25) is 0 Å². The molecule has 6 heteroatoms. The van der Waals surface area contributed by atoms with Gasteiger partial charge in [0, 0.05) is 0 Å². The van der Waals surface area contributed by atoms with Crippen molar-refractivity contribution in [2.45, 2.75) is 0 Å². The van der Waals surface area contributed by atoms with Gasteiger partial charge in [-0.1, -0.05) is 0 Å². The first-order chi connectivity index (χ1) is 6.54. The van der Waals surface area contributed by atoms with Crippen molar-refractivity contribution in [3.63, 3.8) is 0 Å². The van der Waals surface area contributed by atoms with Gasteiger partial charge < -0.3 is 0 Å². The molecule has 0 amide bonds. The maximum atomic E-state index is 12.7. The summed E-state index contributed by atoms with van der Waals surface area (Å²) in [5.74, 6) is -8.26. The Morgan fingerprint density at radius 1 is 0.643 bits per heavy atom. The van der Waals surface area contributed by atoms with Gasteiger partial charge in [-0.05, 0) is 0 Å². The molecule has 0 fully saturated rings. The zero-order valence-electron chi connectivity index (χ0n) is 6.33. The summed E-state index contributed by atoms with van der Waals surface area (Å²) in [7, 11) is 0. The molecule has 0 spiro atoms. The molecule has 1 rings (SSSR count). The molecule has 0 heterocycles. The fourth-order valence-corrected chi connectivity index (χ4v) is 0.823. The van der Waals surface area contributed by atoms with Crippen LogP contribution in [0.1, 0.15) is 11.1 Å². The van der Waals surface area contributed by atoms with E-state index in [9.17, 15) is 27.2 Å². The number of hydrogen-bond donors (Lipinski definition) is 0. The fraction of sp³-hybridized carbons (Fsp3) is 0. The third-order valence-corrected chi connectivity index (χ3v) is 1.47. The lowest BCUT2D eigenvalue weighted by molar-refractivity contribution is 0.405. The van der Waals surface area contributed by atoms with E-state index < -0.39 is 34.4 Å². The van der Waals surface area contributed by atoms with E-state index in [2.05, 4.69) is 0 Å². The van der Waals surface area contributed by atoms with Crippen LogP contribution in [0.4, 0.5) is 17.6 Å². The van der Waals surface area contributed by atoms with Gasteiger partial charge in [0.25, 0.3) is 0 Å². The van der Waals surface area contributed by atoms with Crippen LogP contribution in [-0.4, -0.2) is 12.6 Å². The standard InChI is InChI=1S/C8F4O2/c9-5-3(1-13)4(2-14)6(10)8(12)7(5)11. The van der Waals surface area contributed by atoms with Crippen LogP contribution in [0.5, 0.6) is 0 Å². The van der Waals surface area contributed by atoms with Crippen LogP contribution < -0.4 is 0 Å². The molecule has 0 atom stereocenters. The molecule has 0 N–H and O–H groups in total. The highest BCUT2D eigenvalue weighted by molar-refractivity contribution is 5.91. The normalized spacial score (nSPS) is 10.0. The Morgan fingerprint density at radius 2 is 0.929 bits per heavy atom. The molecule has 1 aromatic rings. The third kappa shape index (κ3) is 1.28. The van der Waals surface area contributed by atoms with E-state index in [1.165, 1.54) is 0 Å². The van der Waals surface area contributed by atoms with E-state index in [-0.39, 0.29) is 0 Å². The van der Waals surface area contributed by atoms with E-state index >= 15 is 0 Å². The predicted molar refractivity (Wildman–Crippen MR) is 35.9 cm³/mol. The lowest BCUT2D eigenvalue weighted by atomic mass is 10.1. The summed E-state index contributed by atoms with van der Waals surface area (Å²) in [6.45, 7) is 0. The van der Waals surface area contributed by atoms with Crippen LogP contribution in [0, 0.1) is 23.3 Å². The minimum Gasteiger partial charge on any atom is -0.285 e. The monoisotopic (exact) mass is 204 g/mol. The molecule has 0 saturated carbocycles. The molecule has 0 aromatic heterocycles. The Kier molecular flexibility index (Phi) is 2.64. The van der Waals surface area contributed by atoms with Gasteiger partial charge in [-0.3, -0.25) is 9.59 Å². The van der Waals surface area contributed by atoms with E-state index in [1.807, 2.05) is 0 Å². The molecule has 0 bridgehead atoms. The van der Waals surface area contributed by atoms with E-state index in [1.54, 1.807) is 0 Å². The first-order valence-electron chi connectivity index (χ1n) is 3.16. The maximum absolute atomic E-state index is 12.7. The predicted octanol–water partition coefficient (Wildman–Crippen LogP) is 1.16. The summed E-state index contributed by atoms with van der Waals surface area (Å²) in [5.41, 5.74) is -2.62. The molecule has 14 heavy (non-hydrogen) atoms. The first-order valence-corrected chi connectivity index (χ1v) is 3.16. The SMILES string of the molecule is O=[C]c1c(F)c(F)c(F)c(F)c1[C]=O. The highest BCUT2D eigenvalue weighted by atomic mass is 19.2. The third-order valence-electron chi connectivity index (χ3n) is 1.47. The summed E-state index contributed by atoms with van der Waals surface area (Å²) < 4.78 is 50.2. The lowest BCUT2D eigenvalue weighted by Crippen LogP contribution is -2.07. The number of halogens is 4. The number of benzene rings is 1. The van der Waals surface area contributed by atoms with Gasteiger partial charge in [-0.15, -0.1) is 0 Å². The molecular formula is C8F4O2. The maximum Gasteiger partial charge on any atom is 0.237 e. The van der Waals surface area contributed by atoms with Crippen molar-refractivity contribution in [1.29, 1.82) is 0 Å². The second kappa shape index (κ2) is 3.57. The molecule has 2 nitrogen and oxygen atoms in total. The Labute approximate surface area is 75.1 Å². The second-order valence-electron chi connectivity index (χ2n) is 2.21. The van der Waals surface area contributed by atoms with Crippen LogP contribution in [0.3, 0.4) is 0 Å². The molecule has 2 radical (unpaired) electrons. The summed E-state index contributed by atoms with van der Waals surface area (Å²) in [6.07, 6.45) is 1.58. The van der Waals surface area contributed by atoms with Crippen molar-refractivity contribution in [3.05, 3.63) is 34.4 Å². The van der Waals surface area contributed by atoms with E-state index in [4.69, 9.17) is 0 Å². The van der Waals surface area contributed by atoms with Gasteiger partial charge in [0.2, 0.25) is 12.6 Å². The summed E-state index contributed by atoms with van der Waals surface area (Å²) in [4.78, 5) is 20.0. The first kappa shape index (κ1) is 10.4. The van der Waals surface area contributed by atoms with Gasteiger partial charge in [0.05, 0.1) is 11.1 Å². The van der Waals surface area contributed by atoms with Crippen LogP contribution >= 0.6 is 0 Å². The van der Waals surface area contributed by atoms with Crippen molar-refractivity contribution >= 4 is 12.6 Å². The van der Waals surface area contributed by atoms with Crippen molar-refractivity contribution in [3.8, 4) is 0 Å². The Balaban J connectivity index is 3.73. The summed E-state index contributed by atoms with van der Waals surface area (Å²) in [5, 5.41) is 0. The van der Waals surface area contributed by atoms with Crippen molar-refractivity contribution in [2.24, 2.45) is 0 Å². The Bertz CT molecular complexity index is 376. The number of hydrogen-bond acceptors (Lipinski definition) is 2. The lowest BCUT2D eigenvalue weighted by Gasteiger charge is -2.02. The average Bonchev–Trinajstić information content (AvgIpc) is 2.20. The van der Waals surface area contributed by atoms with E-state index in [0.29, 0.717) is 0 Å². The quantitative estimate of drug-likeness (QED) is 0.411. The topological polar surface area (TPSA) is 34.1 Å². The van der Waals surface area contributed by atoms with Crippen LogP contribution in [0.15, 0.2) is 0 Å². The van der Waals surface area contributed by atoms with Crippen molar-refractivity contribution in [2.75, 3.05) is 0 Å². The molecule has 0 unspecified atom stereocenters. The molecule has 0 aliphatic heterocycles. The molecule has 72 valence electrons. The van der Waals surface area contributed by atoms with Crippen molar-refractivity contribution in [1.82, 2.24) is 0 Å². The Morgan fingerprint density at radius 3 is 1.14 bits per heavy atom. The summed E-state index contributed by atoms with van der Waals surface area (Å²) >= 11 is 0. The van der Waals surface area contributed by atoms with Crippen LogP contribution in [-0.2, 0) is 9.59 Å².